The quantitative estimate of drug-likeness (QED) is 0.871. The number of likely N-dealkylation sites (N-methyl/N-ethyl adjacent to an activating group) is 1. The molecule has 1 amide bonds. The summed E-state index contributed by atoms with van der Waals surface area (Å²) in [6, 6.07) is 7.85. The van der Waals surface area contributed by atoms with Gasteiger partial charge in [0, 0.05) is 4.47 Å². The predicted molar refractivity (Wildman–Crippen MR) is 64.5 cm³/mol. The average Bonchev–Trinajstić information content (AvgIpc) is 2.21. The Morgan fingerprint density at radius 1 is 1.47 bits per heavy atom. The summed E-state index contributed by atoms with van der Waals surface area (Å²) in [5, 5.41) is 2.95. The molecule has 1 aromatic rings. The van der Waals surface area contributed by atoms with Gasteiger partial charge in [-0.15, -0.1) is 0 Å². The molecule has 0 fully saturated rings. The van der Waals surface area contributed by atoms with Crippen LogP contribution in [0.1, 0.15) is 12.5 Å². The van der Waals surface area contributed by atoms with Gasteiger partial charge in [-0.3, -0.25) is 4.79 Å². The van der Waals surface area contributed by atoms with Gasteiger partial charge in [-0.1, -0.05) is 28.1 Å². The van der Waals surface area contributed by atoms with E-state index in [1.165, 1.54) is 0 Å². The fourth-order valence-electron chi connectivity index (χ4n) is 1.31. The lowest BCUT2D eigenvalue weighted by molar-refractivity contribution is -0.123. The lowest BCUT2D eigenvalue weighted by Gasteiger charge is -2.25. The molecular formula is C11H15BrN2O. The number of rotatable bonds is 4. The van der Waals surface area contributed by atoms with Crippen LogP contribution in [0.15, 0.2) is 28.7 Å². The minimum absolute atomic E-state index is 0.340. The summed E-state index contributed by atoms with van der Waals surface area (Å²) in [7, 11) is 1.74. The highest BCUT2D eigenvalue weighted by molar-refractivity contribution is 9.10. The van der Waals surface area contributed by atoms with Crippen LogP contribution >= 0.6 is 15.9 Å². The first-order valence-corrected chi connectivity index (χ1v) is 5.50. The molecular weight excluding hydrogens is 256 g/mol. The van der Waals surface area contributed by atoms with Gasteiger partial charge in [-0.25, -0.2) is 0 Å². The van der Waals surface area contributed by atoms with Crippen molar-refractivity contribution in [3.05, 3.63) is 34.3 Å². The molecule has 0 bridgehead atoms. The van der Waals surface area contributed by atoms with Crippen LogP contribution in [0.25, 0.3) is 0 Å². The smallest absolute Gasteiger partial charge is 0.237 e. The second kappa shape index (κ2) is 4.77. The van der Waals surface area contributed by atoms with E-state index in [4.69, 9.17) is 5.73 Å². The highest BCUT2D eigenvalue weighted by Gasteiger charge is 2.28. The molecule has 0 aliphatic rings. The molecule has 15 heavy (non-hydrogen) atoms. The number of nitrogens with two attached hydrogens (primary N) is 1. The van der Waals surface area contributed by atoms with Crippen molar-refractivity contribution in [1.82, 2.24) is 5.32 Å². The third-order valence-corrected chi connectivity index (χ3v) is 3.10. The molecule has 3 nitrogen and oxygen atoms in total. The molecule has 82 valence electrons. The monoisotopic (exact) mass is 270 g/mol. The molecule has 0 heterocycles. The van der Waals surface area contributed by atoms with Crippen LogP contribution in [-0.4, -0.2) is 18.5 Å². The lowest BCUT2D eigenvalue weighted by Crippen LogP contribution is -2.53. The Labute approximate surface area is 98.2 Å². The first-order chi connectivity index (χ1) is 6.98. The maximum Gasteiger partial charge on any atom is 0.237 e. The first kappa shape index (κ1) is 12.2. The summed E-state index contributed by atoms with van der Waals surface area (Å²) in [4.78, 5) is 11.3. The van der Waals surface area contributed by atoms with Crippen LogP contribution in [0, 0.1) is 0 Å². The van der Waals surface area contributed by atoms with Gasteiger partial charge in [-0.2, -0.15) is 0 Å². The molecule has 0 saturated heterocycles. The van der Waals surface area contributed by atoms with E-state index in [-0.39, 0.29) is 5.91 Å². The molecule has 0 saturated carbocycles. The molecule has 1 aromatic carbocycles. The summed E-state index contributed by atoms with van der Waals surface area (Å²) in [5.74, 6) is -0.340. The number of hydrogen-bond acceptors (Lipinski definition) is 2. The summed E-state index contributed by atoms with van der Waals surface area (Å²) in [6.07, 6.45) is 0.589. The molecule has 3 N–H and O–H groups in total. The van der Waals surface area contributed by atoms with Gasteiger partial charge in [0.15, 0.2) is 0 Å². The van der Waals surface area contributed by atoms with Crippen molar-refractivity contribution in [2.45, 2.75) is 18.9 Å². The van der Waals surface area contributed by atoms with Crippen molar-refractivity contribution in [3.63, 3.8) is 0 Å². The zero-order valence-corrected chi connectivity index (χ0v) is 10.5. The fraction of sp³-hybridized carbons (Fsp3) is 0.364. The summed E-state index contributed by atoms with van der Waals surface area (Å²) in [5.41, 5.74) is 5.74. The van der Waals surface area contributed by atoms with Crippen LogP contribution in [0.5, 0.6) is 0 Å². The molecule has 0 aromatic heterocycles. The number of primary amides is 1. The van der Waals surface area contributed by atoms with Crippen molar-refractivity contribution >= 4 is 21.8 Å². The fourth-order valence-corrected chi connectivity index (χ4v) is 1.57. The SMILES string of the molecule is CNC(C)(Cc1ccc(Br)cc1)C(N)=O. The van der Waals surface area contributed by atoms with Crippen molar-refractivity contribution < 1.29 is 4.79 Å². The normalized spacial score (nSPS) is 14.6. The van der Waals surface area contributed by atoms with E-state index in [9.17, 15) is 4.79 Å². The van der Waals surface area contributed by atoms with E-state index >= 15 is 0 Å². The number of amides is 1. The zero-order chi connectivity index (χ0) is 11.5. The number of benzene rings is 1. The van der Waals surface area contributed by atoms with Gasteiger partial charge in [0.1, 0.15) is 0 Å². The standard InChI is InChI=1S/C11H15BrN2O/c1-11(14-2,10(13)15)7-8-3-5-9(12)6-4-8/h3-6,14H,7H2,1-2H3,(H2,13,15). The predicted octanol–water partition coefficient (Wildman–Crippen LogP) is 1.45. The van der Waals surface area contributed by atoms with E-state index in [1.807, 2.05) is 24.3 Å². The molecule has 1 atom stereocenters. The van der Waals surface area contributed by atoms with Crippen LogP contribution in [-0.2, 0) is 11.2 Å². The van der Waals surface area contributed by atoms with E-state index < -0.39 is 5.54 Å². The van der Waals surface area contributed by atoms with Crippen LogP contribution in [0.2, 0.25) is 0 Å². The number of halogens is 1. The minimum atomic E-state index is -0.687. The summed E-state index contributed by atoms with van der Waals surface area (Å²) < 4.78 is 1.02. The molecule has 1 unspecified atom stereocenters. The summed E-state index contributed by atoms with van der Waals surface area (Å²) >= 11 is 3.36. The molecule has 0 aliphatic heterocycles. The van der Waals surface area contributed by atoms with Crippen molar-refractivity contribution in [2.75, 3.05) is 7.05 Å². The highest BCUT2D eigenvalue weighted by Crippen LogP contribution is 2.16. The maximum atomic E-state index is 11.3. The molecule has 4 heteroatoms. The van der Waals surface area contributed by atoms with Crippen molar-refractivity contribution in [1.29, 1.82) is 0 Å². The lowest BCUT2D eigenvalue weighted by atomic mass is 9.92. The van der Waals surface area contributed by atoms with Gasteiger partial charge in [0.2, 0.25) is 5.91 Å². The van der Waals surface area contributed by atoms with Gasteiger partial charge in [0.05, 0.1) is 5.54 Å². The number of carbonyl (C=O) groups excluding carboxylic acids is 1. The van der Waals surface area contributed by atoms with Gasteiger partial charge >= 0.3 is 0 Å². The Kier molecular flexibility index (Phi) is 3.88. The molecule has 0 spiro atoms. The van der Waals surface area contributed by atoms with Crippen LogP contribution in [0.4, 0.5) is 0 Å². The molecule has 1 rings (SSSR count). The van der Waals surface area contributed by atoms with Gasteiger partial charge in [0.25, 0.3) is 0 Å². The third-order valence-electron chi connectivity index (χ3n) is 2.57. The average molecular weight is 271 g/mol. The van der Waals surface area contributed by atoms with Crippen LogP contribution < -0.4 is 11.1 Å². The second-order valence-electron chi connectivity index (χ2n) is 3.75. The Balaban J connectivity index is 2.84. The number of nitrogens with one attached hydrogen (secondary N) is 1. The van der Waals surface area contributed by atoms with Gasteiger partial charge in [-0.05, 0) is 38.1 Å². The minimum Gasteiger partial charge on any atom is -0.368 e. The van der Waals surface area contributed by atoms with E-state index in [0.29, 0.717) is 6.42 Å². The number of carbonyl (C=O) groups is 1. The van der Waals surface area contributed by atoms with E-state index in [1.54, 1.807) is 14.0 Å². The van der Waals surface area contributed by atoms with E-state index in [2.05, 4.69) is 21.2 Å². The highest BCUT2D eigenvalue weighted by atomic mass is 79.9. The Morgan fingerprint density at radius 3 is 2.40 bits per heavy atom. The van der Waals surface area contributed by atoms with Crippen molar-refractivity contribution in [3.8, 4) is 0 Å². The Hall–Kier alpha value is -0.870. The largest absolute Gasteiger partial charge is 0.368 e. The molecule has 0 aliphatic carbocycles. The Morgan fingerprint density at radius 2 is 2.00 bits per heavy atom. The zero-order valence-electron chi connectivity index (χ0n) is 8.88. The number of hydrogen-bond donors (Lipinski definition) is 2. The summed E-state index contributed by atoms with van der Waals surface area (Å²) in [6.45, 7) is 1.80. The maximum absolute atomic E-state index is 11.3. The molecule has 0 radical (unpaired) electrons. The topological polar surface area (TPSA) is 55.1 Å². The van der Waals surface area contributed by atoms with Crippen LogP contribution in [0.3, 0.4) is 0 Å². The van der Waals surface area contributed by atoms with Crippen molar-refractivity contribution in [2.24, 2.45) is 5.73 Å². The second-order valence-corrected chi connectivity index (χ2v) is 4.67. The van der Waals surface area contributed by atoms with Gasteiger partial charge < -0.3 is 11.1 Å². The third kappa shape index (κ3) is 3.04. The Bertz CT molecular complexity index is 350. The first-order valence-electron chi connectivity index (χ1n) is 4.71. The van der Waals surface area contributed by atoms with E-state index in [0.717, 1.165) is 10.0 Å².